The molecule has 0 bridgehead atoms. The standard InChI is InChI=1S/C13H15FN5/c14-12-3-1-2-10(8-19-7-5-16-17-19)13(12)18-6-4-11(15)9-18/h1-3,5,7-8,11H,4,6,9,15H2/t11-/m0/s1. The van der Waals surface area contributed by atoms with Crippen molar-refractivity contribution in [3.8, 4) is 0 Å². The first-order chi connectivity index (χ1) is 9.24. The second kappa shape index (κ2) is 4.97. The molecule has 99 valence electrons. The van der Waals surface area contributed by atoms with Crippen LogP contribution in [0.15, 0.2) is 30.6 Å². The Morgan fingerprint density at radius 3 is 3.00 bits per heavy atom. The summed E-state index contributed by atoms with van der Waals surface area (Å²) in [4.78, 5) is 1.99. The maximum absolute atomic E-state index is 14.1. The molecule has 3 rings (SSSR count). The average Bonchev–Trinajstić information content (AvgIpc) is 3.01. The van der Waals surface area contributed by atoms with Gasteiger partial charge in [0.25, 0.3) is 0 Å². The highest BCUT2D eigenvalue weighted by Gasteiger charge is 2.24. The minimum absolute atomic E-state index is 0.110. The molecule has 1 aliphatic rings. The van der Waals surface area contributed by atoms with E-state index in [1.54, 1.807) is 29.7 Å². The van der Waals surface area contributed by atoms with Gasteiger partial charge in [-0.05, 0) is 12.5 Å². The summed E-state index contributed by atoms with van der Waals surface area (Å²) in [7, 11) is 0. The van der Waals surface area contributed by atoms with Crippen LogP contribution in [0.2, 0.25) is 0 Å². The fourth-order valence-electron chi connectivity index (χ4n) is 2.39. The van der Waals surface area contributed by atoms with Gasteiger partial charge in [0.2, 0.25) is 0 Å². The topological polar surface area (TPSA) is 60.0 Å². The van der Waals surface area contributed by atoms with Crippen LogP contribution in [0.25, 0.3) is 0 Å². The Kier molecular flexibility index (Phi) is 3.16. The molecule has 6 heteroatoms. The van der Waals surface area contributed by atoms with Crippen LogP contribution in [-0.2, 0) is 0 Å². The Bertz CT molecular complexity index is 554. The number of para-hydroxylation sites is 1. The van der Waals surface area contributed by atoms with E-state index in [-0.39, 0.29) is 11.9 Å². The van der Waals surface area contributed by atoms with Gasteiger partial charge in [-0.15, -0.1) is 5.10 Å². The lowest BCUT2D eigenvalue weighted by Gasteiger charge is -2.22. The first-order valence-corrected chi connectivity index (χ1v) is 6.24. The minimum Gasteiger partial charge on any atom is -0.367 e. The fraction of sp³-hybridized carbons (Fsp3) is 0.308. The number of rotatable bonds is 3. The third kappa shape index (κ3) is 2.44. The van der Waals surface area contributed by atoms with Crippen molar-refractivity contribution in [2.45, 2.75) is 12.5 Å². The Morgan fingerprint density at radius 2 is 2.32 bits per heavy atom. The molecule has 0 aliphatic carbocycles. The molecule has 19 heavy (non-hydrogen) atoms. The van der Waals surface area contributed by atoms with Crippen molar-refractivity contribution in [2.75, 3.05) is 18.0 Å². The molecule has 1 atom stereocenters. The molecule has 0 amide bonds. The zero-order valence-corrected chi connectivity index (χ0v) is 10.4. The number of halogens is 1. The van der Waals surface area contributed by atoms with Gasteiger partial charge in [-0.3, -0.25) is 0 Å². The predicted molar refractivity (Wildman–Crippen MR) is 70.0 cm³/mol. The maximum Gasteiger partial charge on any atom is 0.146 e. The second-order valence-electron chi connectivity index (χ2n) is 4.68. The van der Waals surface area contributed by atoms with Crippen LogP contribution in [0.3, 0.4) is 0 Å². The molecule has 1 aromatic carbocycles. The van der Waals surface area contributed by atoms with Crippen LogP contribution < -0.4 is 10.6 Å². The number of hydrogen-bond donors (Lipinski definition) is 1. The van der Waals surface area contributed by atoms with Crippen molar-refractivity contribution >= 4 is 5.69 Å². The third-order valence-corrected chi connectivity index (χ3v) is 3.27. The molecule has 1 fully saturated rings. The van der Waals surface area contributed by atoms with Gasteiger partial charge in [-0.25, -0.2) is 9.07 Å². The van der Waals surface area contributed by atoms with Crippen LogP contribution in [-0.4, -0.2) is 34.1 Å². The van der Waals surface area contributed by atoms with E-state index < -0.39 is 0 Å². The van der Waals surface area contributed by atoms with Gasteiger partial charge in [0, 0.05) is 30.9 Å². The molecule has 0 saturated carbocycles. The summed E-state index contributed by atoms with van der Waals surface area (Å²) in [6.45, 7) is 3.22. The van der Waals surface area contributed by atoms with Crippen molar-refractivity contribution in [3.63, 3.8) is 0 Å². The van der Waals surface area contributed by atoms with Crippen LogP contribution in [0.1, 0.15) is 12.0 Å². The Hall–Kier alpha value is -1.95. The molecule has 1 saturated heterocycles. The summed E-state index contributed by atoms with van der Waals surface area (Å²) < 4.78 is 15.7. The van der Waals surface area contributed by atoms with Crippen molar-refractivity contribution in [1.82, 2.24) is 15.0 Å². The number of nitrogens with zero attached hydrogens (tertiary/aromatic N) is 4. The number of aromatic nitrogens is 3. The number of anilines is 1. The molecule has 0 unspecified atom stereocenters. The minimum atomic E-state index is -0.233. The van der Waals surface area contributed by atoms with Crippen molar-refractivity contribution in [2.24, 2.45) is 5.73 Å². The van der Waals surface area contributed by atoms with Gasteiger partial charge in [0.05, 0.1) is 11.9 Å². The van der Waals surface area contributed by atoms with Gasteiger partial charge in [0.1, 0.15) is 12.4 Å². The number of hydrogen-bond acceptors (Lipinski definition) is 4. The monoisotopic (exact) mass is 260 g/mol. The van der Waals surface area contributed by atoms with Gasteiger partial charge < -0.3 is 10.6 Å². The quantitative estimate of drug-likeness (QED) is 0.895. The van der Waals surface area contributed by atoms with Crippen LogP contribution >= 0.6 is 0 Å². The predicted octanol–water partition coefficient (Wildman–Crippen LogP) is 1.01. The van der Waals surface area contributed by atoms with Gasteiger partial charge in [0.15, 0.2) is 0 Å². The van der Waals surface area contributed by atoms with E-state index in [4.69, 9.17) is 5.73 Å². The molecule has 2 heterocycles. The SMILES string of the molecule is N[C@H]1CCN(c2c(F)cccc2[CH]n2ccnn2)C1. The zero-order valence-electron chi connectivity index (χ0n) is 10.4. The molecule has 1 aliphatic heterocycles. The Balaban J connectivity index is 1.93. The maximum atomic E-state index is 14.1. The Morgan fingerprint density at radius 1 is 1.42 bits per heavy atom. The molecule has 1 radical (unpaired) electrons. The zero-order chi connectivity index (χ0) is 13.2. The van der Waals surface area contributed by atoms with Crippen LogP contribution in [0.4, 0.5) is 10.1 Å². The van der Waals surface area contributed by atoms with E-state index in [9.17, 15) is 4.39 Å². The van der Waals surface area contributed by atoms with Crippen molar-refractivity contribution < 1.29 is 4.39 Å². The third-order valence-electron chi connectivity index (χ3n) is 3.27. The van der Waals surface area contributed by atoms with Gasteiger partial charge in [-0.2, -0.15) is 0 Å². The molecule has 0 spiro atoms. The summed E-state index contributed by atoms with van der Waals surface area (Å²) in [5.74, 6) is -0.233. The molecule has 2 N–H and O–H groups in total. The molecular weight excluding hydrogens is 245 g/mol. The largest absolute Gasteiger partial charge is 0.367 e. The highest BCUT2D eigenvalue weighted by Crippen LogP contribution is 2.28. The summed E-state index contributed by atoms with van der Waals surface area (Å²) in [6, 6.07) is 5.14. The van der Waals surface area contributed by atoms with Crippen molar-refractivity contribution in [1.29, 1.82) is 0 Å². The Labute approximate surface area is 110 Å². The molecule has 1 aromatic heterocycles. The highest BCUT2D eigenvalue weighted by atomic mass is 19.1. The molecule has 5 nitrogen and oxygen atoms in total. The lowest BCUT2D eigenvalue weighted by molar-refractivity contribution is 0.620. The van der Waals surface area contributed by atoms with Gasteiger partial charge >= 0.3 is 0 Å². The van der Waals surface area contributed by atoms with E-state index in [1.807, 2.05) is 11.0 Å². The van der Waals surface area contributed by atoms with Crippen LogP contribution in [0.5, 0.6) is 0 Å². The van der Waals surface area contributed by atoms with E-state index in [2.05, 4.69) is 10.3 Å². The van der Waals surface area contributed by atoms with E-state index in [0.717, 1.165) is 18.5 Å². The lowest BCUT2D eigenvalue weighted by atomic mass is 10.1. The van der Waals surface area contributed by atoms with Crippen LogP contribution in [0, 0.1) is 12.4 Å². The summed E-state index contributed by atoms with van der Waals surface area (Å²) in [5, 5.41) is 7.60. The first kappa shape index (κ1) is 12.1. The normalized spacial score (nSPS) is 19.1. The smallest absolute Gasteiger partial charge is 0.146 e. The summed E-state index contributed by atoms with van der Waals surface area (Å²) in [5.41, 5.74) is 7.26. The fourth-order valence-corrected chi connectivity index (χ4v) is 2.39. The second-order valence-corrected chi connectivity index (χ2v) is 4.68. The number of benzene rings is 1. The summed E-state index contributed by atoms with van der Waals surface area (Å²) in [6.07, 6.45) is 4.18. The average molecular weight is 260 g/mol. The summed E-state index contributed by atoms with van der Waals surface area (Å²) >= 11 is 0. The molecular formula is C13H15FN5. The lowest BCUT2D eigenvalue weighted by Crippen LogP contribution is -2.27. The van der Waals surface area contributed by atoms with Crippen molar-refractivity contribution in [3.05, 3.63) is 48.5 Å². The van der Waals surface area contributed by atoms with E-state index in [0.29, 0.717) is 12.2 Å². The van der Waals surface area contributed by atoms with E-state index >= 15 is 0 Å². The highest BCUT2D eigenvalue weighted by molar-refractivity contribution is 5.58. The molecule has 2 aromatic rings. The number of nitrogens with two attached hydrogens (primary N) is 1. The van der Waals surface area contributed by atoms with E-state index in [1.165, 1.54) is 6.07 Å². The van der Waals surface area contributed by atoms with Gasteiger partial charge in [-0.1, -0.05) is 17.3 Å². The first-order valence-electron chi connectivity index (χ1n) is 6.24.